The zero-order valence-corrected chi connectivity index (χ0v) is 10.6. The molecule has 0 radical (unpaired) electrons. The SMILES string of the molecule is CCC(C)N(CC)CC1(O)CCCCC1. The topological polar surface area (TPSA) is 23.5 Å². The van der Waals surface area contributed by atoms with Crippen molar-refractivity contribution in [1.29, 1.82) is 0 Å². The third-order valence-electron chi connectivity index (χ3n) is 3.90. The summed E-state index contributed by atoms with van der Waals surface area (Å²) in [5.74, 6) is 0. The van der Waals surface area contributed by atoms with E-state index in [1.54, 1.807) is 0 Å². The van der Waals surface area contributed by atoms with Gasteiger partial charge in [0.1, 0.15) is 0 Å². The lowest BCUT2D eigenvalue weighted by Crippen LogP contribution is -2.47. The maximum absolute atomic E-state index is 10.5. The first kappa shape index (κ1) is 13.0. The van der Waals surface area contributed by atoms with Crippen molar-refractivity contribution in [2.75, 3.05) is 13.1 Å². The average molecular weight is 213 g/mol. The lowest BCUT2D eigenvalue weighted by molar-refractivity contribution is -0.0334. The van der Waals surface area contributed by atoms with Crippen LogP contribution in [0.25, 0.3) is 0 Å². The molecule has 1 fully saturated rings. The van der Waals surface area contributed by atoms with Gasteiger partial charge >= 0.3 is 0 Å². The van der Waals surface area contributed by atoms with Crippen LogP contribution in [0.3, 0.4) is 0 Å². The highest BCUT2D eigenvalue weighted by atomic mass is 16.3. The molecule has 0 heterocycles. The van der Waals surface area contributed by atoms with Crippen molar-refractivity contribution in [2.24, 2.45) is 0 Å². The quantitative estimate of drug-likeness (QED) is 0.759. The van der Waals surface area contributed by atoms with Crippen molar-refractivity contribution in [3.63, 3.8) is 0 Å². The second-order valence-electron chi connectivity index (χ2n) is 5.11. The molecule has 1 atom stereocenters. The normalized spacial score (nSPS) is 23.0. The maximum Gasteiger partial charge on any atom is 0.0774 e. The van der Waals surface area contributed by atoms with Crippen LogP contribution in [0, 0.1) is 0 Å². The number of nitrogens with zero attached hydrogens (tertiary/aromatic N) is 1. The Balaban J connectivity index is 2.48. The van der Waals surface area contributed by atoms with Crippen LogP contribution in [-0.4, -0.2) is 34.7 Å². The van der Waals surface area contributed by atoms with Crippen molar-refractivity contribution in [1.82, 2.24) is 4.90 Å². The fourth-order valence-corrected chi connectivity index (χ4v) is 2.58. The third-order valence-corrected chi connectivity index (χ3v) is 3.90. The monoisotopic (exact) mass is 213 g/mol. The van der Waals surface area contributed by atoms with E-state index in [9.17, 15) is 5.11 Å². The van der Waals surface area contributed by atoms with Crippen LogP contribution in [0.2, 0.25) is 0 Å². The van der Waals surface area contributed by atoms with Gasteiger partial charge in [-0.1, -0.05) is 33.1 Å². The Kier molecular flexibility index (Phi) is 5.07. The fourth-order valence-electron chi connectivity index (χ4n) is 2.58. The molecule has 15 heavy (non-hydrogen) atoms. The number of hydrogen-bond acceptors (Lipinski definition) is 2. The zero-order valence-electron chi connectivity index (χ0n) is 10.6. The summed E-state index contributed by atoms with van der Waals surface area (Å²) in [5, 5.41) is 10.5. The molecule has 0 amide bonds. The highest BCUT2D eigenvalue weighted by Crippen LogP contribution is 2.29. The molecular formula is C13H27NO. The zero-order chi connectivity index (χ0) is 11.3. The minimum absolute atomic E-state index is 0.391. The Morgan fingerprint density at radius 2 is 1.80 bits per heavy atom. The van der Waals surface area contributed by atoms with E-state index in [1.165, 1.54) is 25.7 Å². The standard InChI is InChI=1S/C13H27NO/c1-4-12(3)14(5-2)11-13(15)9-7-6-8-10-13/h12,15H,4-11H2,1-3H3. The first-order valence-corrected chi connectivity index (χ1v) is 6.57. The summed E-state index contributed by atoms with van der Waals surface area (Å²) < 4.78 is 0. The number of likely N-dealkylation sites (N-methyl/N-ethyl adjacent to an activating group) is 1. The van der Waals surface area contributed by atoms with Crippen LogP contribution in [0.1, 0.15) is 59.3 Å². The largest absolute Gasteiger partial charge is 0.389 e. The highest BCUT2D eigenvalue weighted by molar-refractivity contribution is 4.86. The van der Waals surface area contributed by atoms with Crippen LogP contribution >= 0.6 is 0 Å². The van der Waals surface area contributed by atoms with Gasteiger partial charge in [0, 0.05) is 12.6 Å². The number of aliphatic hydroxyl groups is 1. The smallest absolute Gasteiger partial charge is 0.0774 e. The van der Waals surface area contributed by atoms with Crippen LogP contribution in [-0.2, 0) is 0 Å². The third kappa shape index (κ3) is 3.76. The van der Waals surface area contributed by atoms with Gasteiger partial charge in [0.15, 0.2) is 0 Å². The van der Waals surface area contributed by atoms with Crippen molar-refractivity contribution in [2.45, 2.75) is 70.9 Å². The summed E-state index contributed by atoms with van der Waals surface area (Å²) in [5.41, 5.74) is -0.391. The molecule has 2 heteroatoms. The molecule has 1 aliphatic carbocycles. The molecule has 90 valence electrons. The molecule has 0 bridgehead atoms. The summed E-state index contributed by atoms with van der Waals surface area (Å²) in [6, 6.07) is 0.598. The molecule has 1 N–H and O–H groups in total. The van der Waals surface area contributed by atoms with Gasteiger partial charge in [-0.25, -0.2) is 0 Å². The van der Waals surface area contributed by atoms with E-state index in [2.05, 4.69) is 25.7 Å². The molecule has 0 spiro atoms. The molecule has 0 aromatic carbocycles. The summed E-state index contributed by atoms with van der Waals surface area (Å²) in [6.07, 6.45) is 6.88. The van der Waals surface area contributed by atoms with Gasteiger partial charge < -0.3 is 5.11 Å². The van der Waals surface area contributed by atoms with Crippen molar-refractivity contribution < 1.29 is 5.11 Å². The van der Waals surface area contributed by atoms with Crippen molar-refractivity contribution >= 4 is 0 Å². The van der Waals surface area contributed by atoms with Gasteiger partial charge in [-0.05, 0) is 32.7 Å². The summed E-state index contributed by atoms with van der Waals surface area (Å²) in [7, 11) is 0. The van der Waals surface area contributed by atoms with Gasteiger partial charge in [0.2, 0.25) is 0 Å². The average Bonchev–Trinajstić information content (AvgIpc) is 2.26. The molecule has 2 nitrogen and oxygen atoms in total. The summed E-state index contributed by atoms with van der Waals surface area (Å²) in [4.78, 5) is 2.42. The Morgan fingerprint density at radius 1 is 1.20 bits per heavy atom. The molecule has 1 unspecified atom stereocenters. The number of hydrogen-bond donors (Lipinski definition) is 1. The molecular weight excluding hydrogens is 186 g/mol. The van der Waals surface area contributed by atoms with Gasteiger partial charge in [-0.15, -0.1) is 0 Å². The van der Waals surface area contributed by atoms with Crippen molar-refractivity contribution in [3.05, 3.63) is 0 Å². The van der Waals surface area contributed by atoms with Gasteiger partial charge in [0.05, 0.1) is 5.60 Å². The van der Waals surface area contributed by atoms with Gasteiger partial charge in [-0.2, -0.15) is 0 Å². The fraction of sp³-hybridized carbons (Fsp3) is 1.00. The summed E-state index contributed by atoms with van der Waals surface area (Å²) >= 11 is 0. The van der Waals surface area contributed by atoms with E-state index < -0.39 is 5.60 Å². The van der Waals surface area contributed by atoms with E-state index in [0.29, 0.717) is 6.04 Å². The van der Waals surface area contributed by atoms with E-state index in [-0.39, 0.29) is 0 Å². The predicted molar refractivity (Wildman–Crippen MR) is 65.0 cm³/mol. The molecule has 0 aromatic heterocycles. The molecule has 0 aliphatic heterocycles. The number of rotatable bonds is 5. The maximum atomic E-state index is 10.5. The van der Waals surface area contributed by atoms with E-state index in [0.717, 1.165) is 25.9 Å². The Bertz CT molecular complexity index is 175. The molecule has 0 saturated heterocycles. The van der Waals surface area contributed by atoms with Crippen LogP contribution in [0.5, 0.6) is 0 Å². The Labute approximate surface area is 94.7 Å². The van der Waals surface area contributed by atoms with Crippen LogP contribution in [0.15, 0.2) is 0 Å². The Hall–Kier alpha value is -0.0800. The minimum atomic E-state index is -0.391. The minimum Gasteiger partial charge on any atom is -0.389 e. The van der Waals surface area contributed by atoms with Crippen molar-refractivity contribution in [3.8, 4) is 0 Å². The van der Waals surface area contributed by atoms with Gasteiger partial charge in [-0.3, -0.25) is 4.90 Å². The molecule has 1 saturated carbocycles. The molecule has 1 rings (SSSR count). The van der Waals surface area contributed by atoms with Crippen LogP contribution in [0.4, 0.5) is 0 Å². The van der Waals surface area contributed by atoms with E-state index in [1.807, 2.05) is 0 Å². The van der Waals surface area contributed by atoms with E-state index in [4.69, 9.17) is 0 Å². The predicted octanol–water partition coefficient (Wildman–Crippen LogP) is 2.80. The van der Waals surface area contributed by atoms with Crippen LogP contribution < -0.4 is 0 Å². The first-order chi connectivity index (χ1) is 7.11. The molecule has 0 aromatic rings. The lowest BCUT2D eigenvalue weighted by atomic mass is 9.84. The summed E-state index contributed by atoms with van der Waals surface area (Å²) in [6.45, 7) is 8.60. The van der Waals surface area contributed by atoms with Gasteiger partial charge in [0.25, 0.3) is 0 Å². The second kappa shape index (κ2) is 5.86. The molecule has 1 aliphatic rings. The van der Waals surface area contributed by atoms with E-state index >= 15 is 0 Å². The first-order valence-electron chi connectivity index (χ1n) is 6.57. The lowest BCUT2D eigenvalue weighted by Gasteiger charge is -2.39. The Morgan fingerprint density at radius 3 is 2.27 bits per heavy atom. The second-order valence-corrected chi connectivity index (χ2v) is 5.11. The highest BCUT2D eigenvalue weighted by Gasteiger charge is 2.31.